The van der Waals surface area contributed by atoms with Crippen molar-refractivity contribution in [3.63, 3.8) is 0 Å². The Morgan fingerprint density at radius 3 is 2.89 bits per heavy atom. The first-order valence-corrected chi connectivity index (χ1v) is 6.93. The molecule has 0 saturated heterocycles. The first kappa shape index (κ1) is 14.1. The number of aliphatic hydroxyl groups is 1. The van der Waals surface area contributed by atoms with Crippen molar-refractivity contribution < 1.29 is 5.11 Å². The lowest BCUT2D eigenvalue weighted by Gasteiger charge is -2.35. The van der Waals surface area contributed by atoms with Gasteiger partial charge in [0.05, 0.1) is 11.2 Å². The minimum Gasteiger partial charge on any atom is -0.388 e. The number of hydrogen-bond acceptors (Lipinski definition) is 4. The van der Waals surface area contributed by atoms with E-state index in [1.807, 2.05) is 6.07 Å². The van der Waals surface area contributed by atoms with E-state index < -0.39 is 5.60 Å². The van der Waals surface area contributed by atoms with E-state index in [0.717, 1.165) is 25.7 Å². The van der Waals surface area contributed by atoms with Gasteiger partial charge in [0.2, 0.25) is 0 Å². The van der Waals surface area contributed by atoms with Gasteiger partial charge in [-0.25, -0.2) is 4.98 Å². The van der Waals surface area contributed by atoms with Crippen molar-refractivity contribution in [1.82, 2.24) is 4.98 Å². The van der Waals surface area contributed by atoms with Gasteiger partial charge in [-0.15, -0.1) is 0 Å². The van der Waals surface area contributed by atoms with Crippen molar-refractivity contribution in [3.8, 4) is 6.07 Å². The van der Waals surface area contributed by atoms with E-state index in [4.69, 9.17) is 16.9 Å². The minimum atomic E-state index is -0.694. The summed E-state index contributed by atoms with van der Waals surface area (Å²) in [6.45, 7) is 2.63. The topological polar surface area (TPSA) is 68.9 Å². The molecule has 19 heavy (non-hydrogen) atoms. The first-order valence-electron chi connectivity index (χ1n) is 6.55. The zero-order valence-corrected chi connectivity index (χ0v) is 11.7. The van der Waals surface area contributed by atoms with Crippen LogP contribution in [0.3, 0.4) is 0 Å². The normalized spacial score (nSPS) is 26.7. The average Bonchev–Trinajstić information content (AvgIpc) is 2.41. The summed E-state index contributed by atoms with van der Waals surface area (Å²) in [7, 11) is 0. The van der Waals surface area contributed by atoms with E-state index in [2.05, 4.69) is 17.2 Å². The van der Waals surface area contributed by atoms with Crippen molar-refractivity contribution in [1.29, 1.82) is 5.26 Å². The SMILES string of the molecule is CC1CCC(O)(CNc2nccc(C#N)c2Cl)CC1. The van der Waals surface area contributed by atoms with Crippen LogP contribution in [0.15, 0.2) is 12.3 Å². The lowest BCUT2D eigenvalue weighted by molar-refractivity contribution is 0.00495. The quantitative estimate of drug-likeness (QED) is 0.892. The van der Waals surface area contributed by atoms with Gasteiger partial charge in [0.15, 0.2) is 0 Å². The molecule has 1 aromatic rings. The summed E-state index contributed by atoms with van der Waals surface area (Å²) in [6.07, 6.45) is 5.20. The summed E-state index contributed by atoms with van der Waals surface area (Å²) >= 11 is 6.07. The lowest BCUT2D eigenvalue weighted by atomic mass is 9.79. The number of nitriles is 1. The van der Waals surface area contributed by atoms with E-state index in [9.17, 15) is 5.11 Å². The van der Waals surface area contributed by atoms with Crippen LogP contribution in [0.1, 0.15) is 38.2 Å². The van der Waals surface area contributed by atoms with E-state index in [0.29, 0.717) is 28.9 Å². The number of nitrogens with one attached hydrogen (secondary N) is 1. The third-order valence-corrected chi connectivity index (χ3v) is 4.18. The average molecular weight is 280 g/mol. The standard InChI is InChI=1S/C14H18ClN3O/c1-10-2-5-14(19,6-3-10)9-18-13-12(15)11(8-16)4-7-17-13/h4,7,10,19H,2-3,5-6,9H2,1H3,(H,17,18). The Bertz CT molecular complexity index is 490. The fraction of sp³-hybridized carbons (Fsp3) is 0.571. The van der Waals surface area contributed by atoms with Crippen molar-refractivity contribution in [2.75, 3.05) is 11.9 Å². The zero-order valence-electron chi connectivity index (χ0n) is 11.0. The van der Waals surface area contributed by atoms with Crippen LogP contribution in [0, 0.1) is 17.2 Å². The Morgan fingerprint density at radius 2 is 2.26 bits per heavy atom. The fourth-order valence-corrected chi connectivity index (χ4v) is 2.60. The Kier molecular flexibility index (Phi) is 4.28. The van der Waals surface area contributed by atoms with Crippen LogP contribution >= 0.6 is 11.6 Å². The Morgan fingerprint density at radius 1 is 1.58 bits per heavy atom. The molecule has 1 fully saturated rings. The lowest BCUT2D eigenvalue weighted by Crippen LogP contribution is -2.40. The minimum absolute atomic E-state index is 0.317. The van der Waals surface area contributed by atoms with Crippen LogP contribution in [0.4, 0.5) is 5.82 Å². The molecule has 0 unspecified atom stereocenters. The van der Waals surface area contributed by atoms with Gasteiger partial charge in [0, 0.05) is 12.7 Å². The highest BCUT2D eigenvalue weighted by atomic mass is 35.5. The number of nitrogens with zero attached hydrogens (tertiary/aromatic N) is 2. The molecule has 2 rings (SSSR count). The van der Waals surface area contributed by atoms with Gasteiger partial charge in [0.25, 0.3) is 0 Å². The molecule has 2 N–H and O–H groups in total. The molecule has 1 heterocycles. The molecule has 5 heteroatoms. The monoisotopic (exact) mass is 279 g/mol. The largest absolute Gasteiger partial charge is 0.388 e. The van der Waals surface area contributed by atoms with Gasteiger partial charge >= 0.3 is 0 Å². The summed E-state index contributed by atoms with van der Waals surface area (Å²) in [5.74, 6) is 1.15. The van der Waals surface area contributed by atoms with Gasteiger partial charge in [0.1, 0.15) is 16.9 Å². The number of rotatable bonds is 3. The van der Waals surface area contributed by atoms with Gasteiger partial charge in [-0.3, -0.25) is 0 Å². The third kappa shape index (κ3) is 3.37. The second-order valence-electron chi connectivity index (χ2n) is 5.39. The molecule has 0 atom stereocenters. The molecule has 0 aliphatic heterocycles. The summed E-state index contributed by atoms with van der Waals surface area (Å²) < 4.78 is 0. The number of pyridine rings is 1. The summed E-state index contributed by atoms with van der Waals surface area (Å²) in [4.78, 5) is 4.11. The maximum atomic E-state index is 10.5. The molecule has 1 saturated carbocycles. The number of anilines is 1. The molecule has 0 bridgehead atoms. The van der Waals surface area contributed by atoms with Crippen molar-refractivity contribution in [2.45, 2.75) is 38.2 Å². The molecule has 1 aliphatic carbocycles. The van der Waals surface area contributed by atoms with Crippen molar-refractivity contribution >= 4 is 17.4 Å². The Labute approximate surface area is 118 Å². The smallest absolute Gasteiger partial charge is 0.146 e. The first-order chi connectivity index (χ1) is 9.04. The molecule has 0 aromatic carbocycles. The second kappa shape index (κ2) is 5.77. The third-order valence-electron chi connectivity index (χ3n) is 3.80. The van der Waals surface area contributed by atoms with Crippen LogP contribution in [0.2, 0.25) is 5.02 Å². The fourth-order valence-electron chi connectivity index (χ4n) is 2.38. The number of halogens is 1. The maximum absolute atomic E-state index is 10.5. The van der Waals surface area contributed by atoms with Gasteiger partial charge < -0.3 is 10.4 Å². The van der Waals surface area contributed by atoms with Crippen LogP contribution in [-0.2, 0) is 0 Å². The predicted molar refractivity (Wildman–Crippen MR) is 75.0 cm³/mol. The molecule has 1 aromatic heterocycles. The molecule has 0 spiro atoms. The van der Waals surface area contributed by atoms with Crippen LogP contribution in [-0.4, -0.2) is 22.2 Å². The van der Waals surface area contributed by atoms with Gasteiger partial charge in [-0.2, -0.15) is 5.26 Å². The van der Waals surface area contributed by atoms with E-state index >= 15 is 0 Å². The zero-order chi connectivity index (χ0) is 13.9. The van der Waals surface area contributed by atoms with Crippen LogP contribution < -0.4 is 5.32 Å². The highest BCUT2D eigenvalue weighted by Crippen LogP contribution is 2.32. The highest BCUT2D eigenvalue weighted by Gasteiger charge is 2.31. The molecular weight excluding hydrogens is 262 g/mol. The number of hydrogen-bond donors (Lipinski definition) is 2. The van der Waals surface area contributed by atoms with Crippen molar-refractivity contribution in [2.24, 2.45) is 5.92 Å². The second-order valence-corrected chi connectivity index (χ2v) is 5.77. The Balaban J connectivity index is 2.01. The molecule has 1 aliphatic rings. The highest BCUT2D eigenvalue weighted by molar-refractivity contribution is 6.34. The molecule has 4 nitrogen and oxygen atoms in total. The Hall–Kier alpha value is -1.31. The number of aromatic nitrogens is 1. The van der Waals surface area contributed by atoms with Crippen molar-refractivity contribution in [3.05, 3.63) is 22.8 Å². The van der Waals surface area contributed by atoms with E-state index in [-0.39, 0.29) is 0 Å². The predicted octanol–water partition coefficient (Wildman–Crippen LogP) is 2.96. The van der Waals surface area contributed by atoms with E-state index in [1.54, 1.807) is 12.3 Å². The summed E-state index contributed by atoms with van der Waals surface area (Å²) in [5, 5.41) is 22.8. The molecule has 0 amide bonds. The maximum Gasteiger partial charge on any atom is 0.146 e. The molecular formula is C14H18ClN3O. The van der Waals surface area contributed by atoms with Gasteiger partial charge in [-0.05, 0) is 37.7 Å². The molecule has 0 radical (unpaired) electrons. The summed E-state index contributed by atoms with van der Waals surface area (Å²) in [5.41, 5.74) is -0.302. The van der Waals surface area contributed by atoms with Crippen LogP contribution in [0.25, 0.3) is 0 Å². The van der Waals surface area contributed by atoms with E-state index in [1.165, 1.54) is 0 Å². The van der Waals surface area contributed by atoms with Gasteiger partial charge in [-0.1, -0.05) is 18.5 Å². The summed E-state index contributed by atoms with van der Waals surface area (Å²) in [6, 6.07) is 3.59. The molecule has 102 valence electrons. The van der Waals surface area contributed by atoms with Crippen LogP contribution in [0.5, 0.6) is 0 Å².